The van der Waals surface area contributed by atoms with E-state index in [4.69, 9.17) is 16.7 Å². The van der Waals surface area contributed by atoms with E-state index in [1.807, 2.05) is 0 Å². The van der Waals surface area contributed by atoms with E-state index in [9.17, 15) is 4.79 Å². The molecule has 0 aliphatic heterocycles. The quantitative estimate of drug-likeness (QED) is 0.374. The molecule has 1 amide bonds. The molecule has 0 atom stereocenters. The van der Waals surface area contributed by atoms with Crippen LogP contribution in [0, 0.1) is 23.2 Å². The van der Waals surface area contributed by atoms with E-state index in [-0.39, 0.29) is 49.7 Å². The number of amides is 1. The Labute approximate surface area is 208 Å². The number of pyridine rings is 1. The second kappa shape index (κ2) is 12.7. The molecule has 5 rings (SSSR count). The lowest BCUT2D eigenvalue weighted by Crippen LogP contribution is -2.51. The molecular weight excluding hydrogens is 482 g/mol. The Hall–Kier alpha value is -0.500. The first-order valence-corrected chi connectivity index (χ1v) is 10.9. The van der Waals surface area contributed by atoms with Gasteiger partial charge in [-0.3, -0.25) is 4.79 Å². The number of anilines is 1. The highest BCUT2D eigenvalue weighted by atomic mass is 35.5. The number of halogens is 4. The van der Waals surface area contributed by atoms with E-state index in [0.717, 1.165) is 24.3 Å². The van der Waals surface area contributed by atoms with Gasteiger partial charge in [0.1, 0.15) is 5.82 Å². The number of nitrogens with zero attached hydrogens (tertiary/aromatic N) is 1. The molecule has 4 aliphatic carbocycles. The second-order valence-electron chi connectivity index (χ2n) is 9.05. The Balaban J connectivity index is 0.00000160. The number of aliphatic hydroxyl groups is 1. The van der Waals surface area contributed by atoms with Crippen LogP contribution < -0.4 is 16.0 Å². The maximum absolute atomic E-state index is 12.8. The van der Waals surface area contributed by atoms with E-state index in [0.29, 0.717) is 41.5 Å². The van der Waals surface area contributed by atoms with E-state index < -0.39 is 0 Å². The highest BCUT2D eigenvalue weighted by molar-refractivity contribution is 6.33. The van der Waals surface area contributed by atoms with Crippen LogP contribution in [0.4, 0.5) is 5.82 Å². The first-order chi connectivity index (χ1) is 13.6. The van der Waals surface area contributed by atoms with Crippen molar-refractivity contribution in [2.24, 2.45) is 23.2 Å². The molecule has 0 radical (unpaired) electrons. The van der Waals surface area contributed by atoms with Crippen LogP contribution >= 0.6 is 48.8 Å². The monoisotopic (exact) mass is 514 g/mol. The molecular formula is C21H34Cl4N4O2. The summed E-state index contributed by atoms with van der Waals surface area (Å²) in [5, 5.41) is 18.6. The zero-order chi connectivity index (χ0) is 19.6. The molecule has 4 saturated carbocycles. The molecule has 4 aliphatic rings. The van der Waals surface area contributed by atoms with Crippen LogP contribution in [-0.2, 0) is 0 Å². The van der Waals surface area contributed by atoms with Gasteiger partial charge in [0.2, 0.25) is 0 Å². The van der Waals surface area contributed by atoms with Crippen LogP contribution in [0.1, 0.15) is 48.9 Å². The average molecular weight is 516 g/mol. The molecule has 1 heterocycles. The molecule has 1 aromatic rings. The molecule has 10 heteroatoms. The molecule has 1 aromatic heterocycles. The lowest BCUT2D eigenvalue weighted by Gasteiger charge is -2.56. The molecule has 0 aromatic carbocycles. The topological polar surface area (TPSA) is 86.3 Å². The van der Waals surface area contributed by atoms with Gasteiger partial charge in [-0.1, -0.05) is 11.6 Å². The first kappa shape index (κ1) is 28.5. The smallest absolute Gasteiger partial charge is 0.253 e. The Morgan fingerprint density at radius 1 is 1.06 bits per heavy atom. The molecule has 4 N–H and O–H groups in total. The number of aromatic nitrogens is 1. The summed E-state index contributed by atoms with van der Waals surface area (Å²) in [5.41, 5.74) is 0.788. The normalized spacial score (nSPS) is 27.5. The number of carbonyl (C=O) groups excluding carboxylic acids is 1. The van der Waals surface area contributed by atoms with Crippen LogP contribution in [0.2, 0.25) is 5.02 Å². The van der Waals surface area contributed by atoms with Crippen molar-refractivity contribution >= 4 is 60.5 Å². The Morgan fingerprint density at radius 2 is 1.68 bits per heavy atom. The van der Waals surface area contributed by atoms with Crippen LogP contribution in [-0.4, -0.2) is 48.8 Å². The lowest BCUT2D eigenvalue weighted by molar-refractivity contribution is -0.0503. The fourth-order valence-electron chi connectivity index (χ4n) is 6.06. The number of carbonyl (C=O) groups is 1. The summed E-state index contributed by atoms with van der Waals surface area (Å²) in [6.45, 7) is 2.81. The predicted octanol–water partition coefficient (Wildman–Crippen LogP) is 3.94. The minimum Gasteiger partial charge on any atom is -0.395 e. The van der Waals surface area contributed by atoms with Crippen LogP contribution in [0.25, 0.3) is 0 Å². The number of rotatable bonds is 9. The summed E-state index contributed by atoms with van der Waals surface area (Å²) in [4.78, 5) is 17.1. The predicted molar refractivity (Wildman–Crippen MR) is 132 cm³/mol. The van der Waals surface area contributed by atoms with Gasteiger partial charge in [0.05, 0.1) is 17.2 Å². The summed E-state index contributed by atoms with van der Waals surface area (Å²) in [6.07, 6.45) is 9.58. The molecule has 6 nitrogen and oxygen atoms in total. The lowest BCUT2D eigenvalue weighted by atomic mass is 9.49. The maximum atomic E-state index is 12.8. The standard InChI is InChI=1S/C21H31ClN4O2.3ClH/c22-18-12-25-19(24-2-1-23-3-4-27)8-17(18)20(28)26-13-21-9-14-5-15(10-21)7-16(6-14)11-21;;;/h8,12,14-16,23,27H,1-7,9-11,13H2,(H,24,25)(H,26,28);3*1H. The number of nitrogens with one attached hydrogen (secondary N) is 3. The number of aliphatic hydroxyl groups excluding tert-OH is 1. The Morgan fingerprint density at radius 3 is 2.26 bits per heavy atom. The third kappa shape index (κ3) is 6.99. The zero-order valence-electron chi connectivity index (χ0n) is 17.6. The highest BCUT2D eigenvalue weighted by Crippen LogP contribution is 2.59. The molecule has 4 fully saturated rings. The van der Waals surface area contributed by atoms with E-state index >= 15 is 0 Å². The van der Waals surface area contributed by atoms with E-state index in [1.165, 1.54) is 44.7 Å². The van der Waals surface area contributed by atoms with Crippen molar-refractivity contribution in [1.82, 2.24) is 15.6 Å². The third-order valence-corrected chi connectivity index (χ3v) is 7.09. The van der Waals surface area contributed by atoms with Crippen molar-refractivity contribution < 1.29 is 9.90 Å². The molecule has 0 unspecified atom stereocenters. The third-order valence-electron chi connectivity index (χ3n) is 6.79. The van der Waals surface area contributed by atoms with Crippen molar-refractivity contribution in [3.8, 4) is 0 Å². The van der Waals surface area contributed by atoms with Gasteiger partial charge in [0, 0.05) is 32.4 Å². The average Bonchev–Trinajstić information content (AvgIpc) is 2.66. The van der Waals surface area contributed by atoms with Crippen molar-refractivity contribution in [3.05, 3.63) is 22.8 Å². The molecule has 4 bridgehead atoms. The number of hydrogen-bond donors (Lipinski definition) is 4. The summed E-state index contributed by atoms with van der Waals surface area (Å²) in [7, 11) is 0. The van der Waals surface area contributed by atoms with Gasteiger partial charge in [-0.15, -0.1) is 37.2 Å². The maximum Gasteiger partial charge on any atom is 0.253 e. The van der Waals surface area contributed by atoms with E-state index in [1.54, 1.807) is 6.07 Å². The Kier molecular flexibility index (Phi) is 11.7. The van der Waals surface area contributed by atoms with E-state index in [2.05, 4.69) is 20.9 Å². The van der Waals surface area contributed by atoms with Crippen molar-refractivity contribution in [1.29, 1.82) is 0 Å². The molecule has 31 heavy (non-hydrogen) atoms. The highest BCUT2D eigenvalue weighted by Gasteiger charge is 2.50. The van der Waals surface area contributed by atoms with Crippen molar-refractivity contribution in [3.63, 3.8) is 0 Å². The van der Waals surface area contributed by atoms with Gasteiger partial charge >= 0.3 is 0 Å². The Bertz CT molecular complexity index is 687. The summed E-state index contributed by atoms with van der Waals surface area (Å²) >= 11 is 6.26. The second-order valence-corrected chi connectivity index (χ2v) is 9.46. The van der Waals surface area contributed by atoms with Gasteiger partial charge in [0.15, 0.2) is 0 Å². The minimum atomic E-state index is -0.107. The SMILES string of the molecule is Cl.Cl.Cl.O=C(NCC12CC3CC(CC(C3)C1)C2)c1cc(NCCNCCO)ncc1Cl. The van der Waals surface area contributed by atoms with Gasteiger partial charge < -0.3 is 21.1 Å². The molecule has 178 valence electrons. The zero-order valence-corrected chi connectivity index (χ0v) is 20.8. The summed E-state index contributed by atoms with van der Waals surface area (Å²) in [6, 6.07) is 1.73. The first-order valence-electron chi connectivity index (χ1n) is 10.6. The van der Waals surface area contributed by atoms with Crippen LogP contribution in [0.3, 0.4) is 0 Å². The van der Waals surface area contributed by atoms with Crippen molar-refractivity contribution in [2.75, 3.05) is 38.1 Å². The summed E-state index contributed by atoms with van der Waals surface area (Å²) < 4.78 is 0. The number of hydrogen-bond acceptors (Lipinski definition) is 5. The minimum absolute atomic E-state index is 0. The van der Waals surface area contributed by atoms with Crippen LogP contribution in [0.5, 0.6) is 0 Å². The largest absolute Gasteiger partial charge is 0.395 e. The van der Waals surface area contributed by atoms with Gasteiger partial charge in [-0.05, 0) is 67.8 Å². The fraction of sp³-hybridized carbons (Fsp3) is 0.714. The fourth-order valence-corrected chi connectivity index (χ4v) is 6.25. The van der Waals surface area contributed by atoms with Crippen LogP contribution in [0.15, 0.2) is 12.3 Å². The van der Waals surface area contributed by atoms with Gasteiger partial charge in [-0.2, -0.15) is 0 Å². The van der Waals surface area contributed by atoms with Gasteiger partial charge in [-0.25, -0.2) is 4.98 Å². The molecule has 0 spiro atoms. The van der Waals surface area contributed by atoms with Crippen molar-refractivity contribution in [2.45, 2.75) is 38.5 Å². The van der Waals surface area contributed by atoms with Gasteiger partial charge in [0.25, 0.3) is 5.91 Å². The summed E-state index contributed by atoms with van der Waals surface area (Å²) in [5.74, 6) is 3.16. The molecule has 0 saturated heterocycles.